The van der Waals surface area contributed by atoms with E-state index in [1.807, 2.05) is 33.8 Å². The average molecular weight is 343 g/mol. The van der Waals surface area contributed by atoms with Gasteiger partial charge in [-0.2, -0.15) is 0 Å². The van der Waals surface area contributed by atoms with Crippen LogP contribution >= 0.6 is 0 Å². The van der Waals surface area contributed by atoms with Crippen molar-refractivity contribution in [3.05, 3.63) is 29.4 Å². The van der Waals surface area contributed by atoms with Crippen molar-refractivity contribution < 1.29 is 13.8 Å². The molecule has 0 unspecified atom stereocenters. The molecule has 0 saturated heterocycles. The predicted molar refractivity (Wildman–Crippen MR) is 92.2 cm³/mol. The first-order valence-corrected chi connectivity index (χ1v) is 7.99. The Balaban J connectivity index is 2.10. The van der Waals surface area contributed by atoms with Gasteiger partial charge in [-0.15, -0.1) is 0 Å². The van der Waals surface area contributed by atoms with Crippen LogP contribution in [0.3, 0.4) is 0 Å². The van der Waals surface area contributed by atoms with Crippen molar-refractivity contribution in [1.29, 1.82) is 0 Å². The molecule has 132 valence electrons. The fourth-order valence-electron chi connectivity index (χ4n) is 2.65. The highest BCUT2D eigenvalue weighted by Gasteiger charge is 2.21. The van der Waals surface area contributed by atoms with E-state index in [-0.39, 0.29) is 6.04 Å². The van der Waals surface area contributed by atoms with E-state index in [9.17, 15) is 0 Å². The van der Waals surface area contributed by atoms with Gasteiger partial charge < -0.3 is 19.1 Å². The largest absolute Gasteiger partial charge is 0.383 e. The van der Waals surface area contributed by atoms with Crippen LogP contribution in [0.1, 0.15) is 24.1 Å². The minimum absolute atomic E-state index is 0.0703. The zero-order valence-corrected chi connectivity index (χ0v) is 15.0. The zero-order valence-electron chi connectivity index (χ0n) is 15.0. The lowest BCUT2D eigenvalue weighted by Gasteiger charge is -2.14. The lowest BCUT2D eigenvalue weighted by molar-refractivity contribution is 0.190. The molecular formula is C17H21N5O3. The topological polar surface area (TPSA) is 99.1 Å². The maximum absolute atomic E-state index is 5.41. The van der Waals surface area contributed by atoms with Gasteiger partial charge in [0.2, 0.25) is 5.95 Å². The molecule has 0 fully saturated rings. The third-order valence-corrected chi connectivity index (χ3v) is 3.74. The van der Waals surface area contributed by atoms with Gasteiger partial charge in [-0.3, -0.25) is 0 Å². The van der Waals surface area contributed by atoms with E-state index in [0.717, 1.165) is 22.5 Å². The summed E-state index contributed by atoms with van der Waals surface area (Å²) in [5, 5.41) is 11.2. The van der Waals surface area contributed by atoms with Gasteiger partial charge in [-0.1, -0.05) is 10.3 Å². The molecule has 1 N–H and O–H groups in total. The minimum atomic E-state index is 0.0703. The SMILES string of the molecule is COC[C@H](C)Nc1ncc(-c2cc(C)no2)c(-c2c(C)noc2C)n1. The second-order valence-electron chi connectivity index (χ2n) is 5.99. The van der Waals surface area contributed by atoms with Crippen molar-refractivity contribution >= 4 is 5.95 Å². The molecule has 3 heterocycles. The number of aromatic nitrogens is 4. The van der Waals surface area contributed by atoms with Crippen LogP contribution in [0.25, 0.3) is 22.6 Å². The lowest BCUT2D eigenvalue weighted by Crippen LogP contribution is -2.22. The summed E-state index contributed by atoms with van der Waals surface area (Å²) in [6.07, 6.45) is 1.72. The predicted octanol–water partition coefficient (Wildman–Crippen LogP) is 3.16. The standard InChI is InChI=1S/C17H21N5O3/c1-9-6-14(25-21-9)13-7-18-17(19-10(2)8-23-5)20-16(13)15-11(3)22-24-12(15)4/h6-7,10H,8H2,1-5H3,(H,18,19,20)/t10-/m0/s1. The average Bonchev–Trinajstić information content (AvgIpc) is 3.13. The van der Waals surface area contributed by atoms with E-state index >= 15 is 0 Å². The molecule has 8 heteroatoms. The molecule has 3 aromatic rings. The van der Waals surface area contributed by atoms with Crippen molar-refractivity contribution in [2.24, 2.45) is 0 Å². The van der Waals surface area contributed by atoms with Crippen LogP contribution in [0.5, 0.6) is 0 Å². The van der Waals surface area contributed by atoms with Crippen LogP contribution in [0.15, 0.2) is 21.3 Å². The number of aryl methyl sites for hydroxylation is 3. The lowest BCUT2D eigenvalue weighted by atomic mass is 10.0. The molecular weight excluding hydrogens is 322 g/mol. The van der Waals surface area contributed by atoms with Crippen LogP contribution in [0.2, 0.25) is 0 Å². The number of hydrogen-bond donors (Lipinski definition) is 1. The van der Waals surface area contributed by atoms with E-state index in [1.54, 1.807) is 13.3 Å². The van der Waals surface area contributed by atoms with E-state index in [2.05, 4.69) is 25.6 Å². The smallest absolute Gasteiger partial charge is 0.223 e. The first-order valence-electron chi connectivity index (χ1n) is 7.99. The maximum atomic E-state index is 5.41. The Morgan fingerprint density at radius 1 is 1.20 bits per heavy atom. The molecule has 8 nitrogen and oxygen atoms in total. The molecule has 1 atom stereocenters. The summed E-state index contributed by atoms with van der Waals surface area (Å²) in [5.74, 6) is 1.79. The number of nitrogens with one attached hydrogen (secondary N) is 1. The summed E-state index contributed by atoms with van der Waals surface area (Å²) in [5.41, 5.74) is 3.79. The monoisotopic (exact) mass is 343 g/mol. The normalized spacial score (nSPS) is 12.4. The van der Waals surface area contributed by atoms with Gasteiger partial charge in [-0.25, -0.2) is 9.97 Å². The Morgan fingerprint density at radius 2 is 2.00 bits per heavy atom. The molecule has 25 heavy (non-hydrogen) atoms. The Morgan fingerprint density at radius 3 is 2.60 bits per heavy atom. The van der Waals surface area contributed by atoms with Crippen LogP contribution in [0.4, 0.5) is 5.95 Å². The minimum Gasteiger partial charge on any atom is -0.383 e. The zero-order chi connectivity index (χ0) is 18.0. The van der Waals surface area contributed by atoms with Crippen molar-refractivity contribution in [2.75, 3.05) is 19.0 Å². The van der Waals surface area contributed by atoms with Crippen LogP contribution in [-0.4, -0.2) is 40.0 Å². The molecule has 3 aromatic heterocycles. The van der Waals surface area contributed by atoms with Gasteiger partial charge >= 0.3 is 0 Å². The molecule has 3 rings (SSSR count). The van der Waals surface area contributed by atoms with Gasteiger partial charge in [-0.05, 0) is 27.7 Å². The number of methoxy groups -OCH3 is 1. The van der Waals surface area contributed by atoms with E-state index in [1.165, 1.54) is 0 Å². The Kier molecular flexibility index (Phi) is 4.80. The van der Waals surface area contributed by atoms with Crippen molar-refractivity contribution in [3.8, 4) is 22.6 Å². The molecule has 0 radical (unpaired) electrons. The third kappa shape index (κ3) is 3.53. The van der Waals surface area contributed by atoms with E-state index < -0.39 is 0 Å². The van der Waals surface area contributed by atoms with Crippen molar-refractivity contribution in [3.63, 3.8) is 0 Å². The van der Waals surface area contributed by atoms with E-state index in [4.69, 9.17) is 13.8 Å². The highest BCUT2D eigenvalue weighted by Crippen LogP contribution is 2.34. The molecule has 0 bridgehead atoms. The molecule has 0 amide bonds. The summed E-state index contributed by atoms with van der Waals surface area (Å²) in [6.45, 7) is 8.15. The van der Waals surface area contributed by atoms with Crippen LogP contribution < -0.4 is 5.32 Å². The number of ether oxygens (including phenoxy) is 1. The molecule has 0 aromatic carbocycles. The highest BCUT2D eigenvalue weighted by atomic mass is 16.5. The van der Waals surface area contributed by atoms with E-state index in [0.29, 0.717) is 29.8 Å². The van der Waals surface area contributed by atoms with Gasteiger partial charge in [0.1, 0.15) is 5.76 Å². The number of anilines is 1. The van der Waals surface area contributed by atoms with Gasteiger partial charge in [0.15, 0.2) is 5.76 Å². The summed E-state index contributed by atoms with van der Waals surface area (Å²) >= 11 is 0. The summed E-state index contributed by atoms with van der Waals surface area (Å²) < 4.78 is 15.9. The fraction of sp³-hybridized carbons (Fsp3) is 0.412. The molecule has 0 aliphatic heterocycles. The Bertz CT molecular complexity index is 852. The second kappa shape index (κ2) is 7.02. The molecule has 0 aliphatic rings. The van der Waals surface area contributed by atoms with Crippen LogP contribution in [-0.2, 0) is 4.74 Å². The highest BCUT2D eigenvalue weighted by molar-refractivity contribution is 5.80. The number of rotatable bonds is 6. The molecule has 0 spiro atoms. The van der Waals surface area contributed by atoms with Crippen LogP contribution in [0, 0.1) is 20.8 Å². The Labute approximate surface area is 145 Å². The summed E-state index contributed by atoms with van der Waals surface area (Å²) in [6, 6.07) is 1.92. The molecule has 0 aliphatic carbocycles. The van der Waals surface area contributed by atoms with Crippen molar-refractivity contribution in [1.82, 2.24) is 20.3 Å². The van der Waals surface area contributed by atoms with Gasteiger partial charge in [0.25, 0.3) is 0 Å². The van der Waals surface area contributed by atoms with Crippen molar-refractivity contribution in [2.45, 2.75) is 33.7 Å². The van der Waals surface area contributed by atoms with Gasteiger partial charge in [0, 0.05) is 25.4 Å². The number of hydrogen-bond acceptors (Lipinski definition) is 8. The van der Waals surface area contributed by atoms with Gasteiger partial charge in [0.05, 0.1) is 34.8 Å². The number of nitrogens with zero attached hydrogens (tertiary/aromatic N) is 4. The third-order valence-electron chi connectivity index (χ3n) is 3.74. The Hall–Kier alpha value is -2.74. The molecule has 0 saturated carbocycles. The fourth-order valence-corrected chi connectivity index (χ4v) is 2.65. The first-order chi connectivity index (χ1) is 12.0. The second-order valence-corrected chi connectivity index (χ2v) is 5.99. The first kappa shape index (κ1) is 17.1. The summed E-state index contributed by atoms with van der Waals surface area (Å²) in [4.78, 5) is 9.08. The maximum Gasteiger partial charge on any atom is 0.223 e. The summed E-state index contributed by atoms with van der Waals surface area (Å²) in [7, 11) is 1.66. The quantitative estimate of drug-likeness (QED) is 0.728.